The van der Waals surface area contributed by atoms with Gasteiger partial charge in [-0.3, -0.25) is 9.48 Å². The van der Waals surface area contributed by atoms with Crippen molar-refractivity contribution in [2.75, 3.05) is 0 Å². The van der Waals surface area contributed by atoms with Gasteiger partial charge in [0.15, 0.2) is 5.78 Å². The number of carbonyl (C=O) groups excluding carboxylic acids is 1. The Hall–Kier alpha value is -1.90. The van der Waals surface area contributed by atoms with Crippen LogP contribution in [-0.2, 0) is 13.5 Å². The van der Waals surface area contributed by atoms with Gasteiger partial charge in [-0.25, -0.2) is 0 Å². The van der Waals surface area contributed by atoms with E-state index >= 15 is 0 Å². The number of carbonyl (C=O) groups is 1. The number of nitrogens with zero attached hydrogens (tertiary/aromatic N) is 2. The molecule has 0 unspecified atom stereocenters. The second-order valence-corrected chi connectivity index (χ2v) is 4.15. The minimum atomic E-state index is 0.0471. The Labute approximate surface area is 101 Å². The highest BCUT2D eigenvalue weighted by molar-refractivity contribution is 6.09. The van der Waals surface area contributed by atoms with Gasteiger partial charge in [-0.1, -0.05) is 25.1 Å². The van der Waals surface area contributed by atoms with E-state index in [4.69, 9.17) is 0 Å². The maximum atomic E-state index is 12.3. The van der Waals surface area contributed by atoms with Crippen LogP contribution in [0.3, 0.4) is 0 Å². The van der Waals surface area contributed by atoms with Crippen molar-refractivity contribution in [3.63, 3.8) is 0 Å². The molecule has 0 aliphatic heterocycles. The monoisotopic (exact) mass is 228 g/mol. The van der Waals surface area contributed by atoms with E-state index in [2.05, 4.69) is 12.0 Å². The zero-order valence-corrected chi connectivity index (χ0v) is 10.4. The molecule has 0 spiro atoms. The highest BCUT2D eigenvalue weighted by atomic mass is 16.1. The van der Waals surface area contributed by atoms with E-state index in [1.807, 2.05) is 38.2 Å². The average molecular weight is 228 g/mol. The normalized spacial score (nSPS) is 10.5. The van der Waals surface area contributed by atoms with Crippen LogP contribution in [0.1, 0.15) is 34.1 Å². The van der Waals surface area contributed by atoms with Crippen LogP contribution in [0.2, 0.25) is 0 Å². The van der Waals surface area contributed by atoms with Gasteiger partial charge in [-0.05, 0) is 25.0 Å². The summed E-state index contributed by atoms with van der Waals surface area (Å²) in [6.45, 7) is 3.99. The lowest BCUT2D eigenvalue weighted by molar-refractivity contribution is 0.103. The minimum absolute atomic E-state index is 0.0471. The lowest BCUT2D eigenvalue weighted by Crippen LogP contribution is -2.04. The Morgan fingerprint density at radius 1 is 1.41 bits per heavy atom. The van der Waals surface area contributed by atoms with Crippen molar-refractivity contribution >= 4 is 5.78 Å². The van der Waals surface area contributed by atoms with Crippen LogP contribution in [0.25, 0.3) is 0 Å². The van der Waals surface area contributed by atoms with Crippen molar-refractivity contribution in [3.8, 4) is 0 Å². The summed E-state index contributed by atoms with van der Waals surface area (Å²) >= 11 is 0. The maximum absolute atomic E-state index is 12.3. The van der Waals surface area contributed by atoms with Crippen molar-refractivity contribution in [2.45, 2.75) is 20.3 Å². The molecule has 0 radical (unpaired) electrons. The number of ketones is 1. The molecule has 88 valence electrons. The van der Waals surface area contributed by atoms with E-state index in [-0.39, 0.29) is 5.78 Å². The Balaban J connectivity index is 2.40. The van der Waals surface area contributed by atoms with Gasteiger partial charge in [-0.15, -0.1) is 0 Å². The van der Waals surface area contributed by atoms with Crippen molar-refractivity contribution < 1.29 is 4.79 Å². The van der Waals surface area contributed by atoms with Gasteiger partial charge in [-0.2, -0.15) is 5.10 Å². The summed E-state index contributed by atoms with van der Waals surface area (Å²) in [6.07, 6.45) is 2.57. The van der Waals surface area contributed by atoms with Gasteiger partial charge >= 0.3 is 0 Å². The molecule has 1 aromatic carbocycles. The highest BCUT2D eigenvalue weighted by Crippen LogP contribution is 2.14. The van der Waals surface area contributed by atoms with Gasteiger partial charge in [0.1, 0.15) is 0 Å². The molecule has 3 nitrogen and oxygen atoms in total. The number of aryl methyl sites for hydroxylation is 2. The molecular weight excluding hydrogens is 212 g/mol. The van der Waals surface area contributed by atoms with E-state index in [0.717, 1.165) is 17.7 Å². The van der Waals surface area contributed by atoms with Gasteiger partial charge < -0.3 is 0 Å². The van der Waals surface area contributed by atoms with Gasteiger partial charge in [0.25, 0.3) is 0 Å². The molecule has 0 saturated carbocycles. The predicted octanol–water partition coefficient (Wildman–Crippen LogP) is 2.52. The lowest BCUT2D eigenvalue weighted by atomic mass is 10.0. The first-order valence-electron chi connectivity index (χ1n) is 5.75. The van der Waals surface area contributed by atoms with E-state index in [0.29, 0.717) is 5.56 Å². The van der Waals surface area contributed by atoms with Crippen LogP contribution >= 0.6 is 0 Å². The fraction of sp³-hybridized carbons (Fsp3) is 0.286. The molecule has 0 amide bonds. The van der Waals surface area contributed by atoms with E-state index in [1.54, 1.807) is 10.9 Å². The summed E-state index contributed by atoms with van der Waals surface area (Å²) < 4.78 is 1.72. The Bertz CT molecular complexity index is 555. The summed E-state index contributed by atoms with van der Waals surface area (Å²) in [6, 6.07) is 7.77. The molecule has 2 rings (SSSR count). The molecule has 0 atom stereocenters. The number of hydrogen-bond donors (Lipinski definition) is 0. The third-order valence-electron chi connectivity index (χ3n) is 3.08. The molecule has 0 fully saturated rings. The second-order valence-electron chi connectivity index (χ2n) is 4.15. The third kappa shape index (κ3) is 2.13. The fourth-order valence-electron chi connectivity index (χ4n) is 1.81. The van der Waals surface area contributed by atoms with Crippen LogP contribution in [-0.4, -0.2) is 15.6 Å². The van der Waals surface area contributed by atoms with E-state index in [9.17, 15) is 4.79 Å². The van der Waals surface area contributed by atoms with Crippen LogP contribution in [0, 0.1) is 6.92 Å². The first-order valence-corrected chi connectivity index (χ1v) is 5.75. The zero-order valence-electron chi connectivity index (χ0n) is 10.4. The summed E-state index contributed by atoms with van der Waals surface area (Å²) in [7, 11) is 1.84. The first-order chi connectivity index (χ1) is 8.13. The van der Waals surface area contributed by atoms with Gasteiger partial charge in [0, 0.05) is 18.3 Å². The predicted molar refractivity (Wildman–Crippen MR) is 67.2 cm³/mol. The molecule has 0 aliphatic rings. The minimum Gasteiger partial charge on any atom is -0.288 e. The number of rotatable bonds is 3. The van der Waals surface area contributed by atoms with E-state index in [1.165, 1.54) is 5.56 Å². The number of hydrogen-bond acceptors (Lipinski definition) is 2. The molecule has 17 heavy (non-hydrogen) atoms. The van der Waals surface area contributed by atoms with E-state index < -0.39 is 0 Å². The summed E-state index contributed by atoms with van der Waals surface area (Å²) in [5, 5.41) is 4.10. The number of benzene rings is 1. The second kappa shape index (κ2) is 4.53. The standard InChI is InChI=1S/C14H16N2O/c1-4-11-6-5-7-12(8-11)14(17)13-9-15-16(3)10(13)2/h5-9H,4H2,1-3H3. The lowest BCUT2D eigenvalue weighted by Gasteiger charge is -2.03. The largest absolute Gasteiger partial charge is 0.288 e. The Morgan fingerprint density at radius 3 is 2.76 bits per heavy atom. The molecule has 1 heterocycles. The molecular formula is C14H16N2O. The van der Waals surface area contributed by atoms with Gasteiger partial charge in [0.05, 0.1) is 11.8 Å². The fourth-order valence-corrected chi connectivity index (χ4v) is 1.81. The van der Waals surface area contributed by atoms with Crippen molar-refractivity contribution in [3.05, 3.63) is 52.8 Å². The van der Waals surface area contributed by atoms with Crippen LogP contribution in [0.4, 0.5) is 0 Å². The van der Waals surface area contributed by atoms with Crippen LogP contribution in [0.15, 0.2) is 30.5 Å². The molecule has 0 bridgehead atoms. The summed E-state index contributed by atoms with van der Waals surface area (Å²) in [5.74, 6) is 0.0471. The molecule has 0 N–H and O–H groups in total. The van der Waals surface area contributed by atoms with Crippen molar-refractivity contribution in [1.82, 2.24) is 9.78 Å². The third-order valence-corrected chi connectivity index (χ3v) is 3.08. The van der Waals surface area contributed by atoms with Crippen molar-refractivity contribution in [1.29, 1.82) is 0 Å². The molecule has 1 aromatic heterocycles. The zero-order chi connectivity index (χ0) is 12.4. The molecule has 0 aliphatic carbocycles. The molecule has 2 aromatic rings. The van der Waals surface area contributed by atoms with Crippen LogP contribution in [0.5, 0.6) is 0 Å². The number of aromatic nitrogens is 2. The molecule has 3 heteroatoms. The Kier molecular flexibility index (Phi) is 3.09. The smallest absolute Gasteiger partial charge is 0.196 e. The quantitative estimate of drug-likeness (QED) is 0.757. The molecule has 0 saturated heterocycles. The van der Waals surface area contributed by atoms with Gasteiger partial charge in [0.2, 0.25) is 0 Å². The first kappa shape index (κ1) is 11.6. The summed E-state index contributed by atoms with van der Waals surface area (Å²) in [4.78, 5) is 12.3. The topological polar surface area (TPSA) is 34.9 Å². The van der Waals surface area contributed by atoms with Crippen LogP contribution < -0.4 is 0 Å². The summed E-state index contributed by atoms with van der Waals surface area (Å²) in [5.41, 5.74) is 3.50. The highest BCUT2D eigenvalue weighted by Gasteiger charge is 2.14. The van der Waals surface area contributed by atoms with Crippen molar-refractivity contribution in [2.24, 2.45) is 7.05 Å². The Morgan fingerprint density at radius 2 is 2.18 bits per heavy atom. The maximum Gasteiger partial charge on any atom is 0.196 e. The SMILES string of the molecule is CCc1cccc(C(=O)c2cnn(C)c2C)c1. The average Bonchev–Trinajstić information content (AvgIpc) is 2.69.